The summed E-state index contributed by atoms with van der Waals surface area (Å²) in [5.41, 5.74) is 1.95. The van der Waals surface area contributed by atoms with Crippen molar-refractivity contribution < 1.29 is 9.63 Å². The zero-order valence-corrected chi connectivity index (χ0v) is 10.5. The number of aliphatic hydroxyl groups excluding tert-OH is 1. The second-order valence-corrected chi connectivity index (χ2v) is 4.51. The zero-order valence-electron chi connectivity index (χ0n) is 8.94. The molecule has 1 N–H and O–H groups in total. The molecule has 84 valence electrons. The summed E-state index contributed by atoms with van der Waals surface area (Å²) < 4.78 is 5.95. The van der Waals surface area contributed by atoms with Crippen LogP contribution in [0.1, 0.15) is 24.5 Å². The first-order valence-corrected chi connectivity index (χ1v) is 5.65. The van der Waals surface area contributed by atoms with Gasteiger partial charge >= 0.3 is 0 Å². The summed E-state index contributed by atoms with van der Waals surface area (Å²) in [6.45, 7) is 3.56. The molecule has 0 spiro atoms. The van der Waals surface area contributed by atoms with E-state index in [4.69, 9.17) is 4.52 Å². The number of nitrogens with zero attached hydrogens (tertiary/aromatic N) is 2. The maximum atomic E-state index is 9.29. The molecular formula is C11H11BrN2O2. The van der Waals surface area contributed by atoms with Crippen molar-refractivity contribution in [3.63, 3.8) is 0 Å². The molecular weight excluding hydrogens is 272 g/mol. The van der Waals surface area contributed by atoms with Crippen molar-refractivity contribution in [3.05, 3.63) is 34.1 Å². The SMILES string of the molecule is Cc1cc(Br)ccc1-c1noc(C(C)O)n1. The lowest BCUT2D eigenvalue weighted by Crippen LogP contribution is -1.91. The Kier molecular flexibility index (Phi) is 3.07. The van der Waals surface area contributed by atoms with Gasteiger partial charge in [0.15, 0.2) is 0 Å². The molecule has 0 aliphatic carbocycles. The lowest BCUT2D eigenvalue weighted by molar-refractivity contribution is 0.152. The molecule has 2 aromatic rings. The largest absolute Gasteiger partial charge is 0.384 e. The Labute approximate surface area is 101 Å². The smallest absolute Gasteiger partial charge is 0.255 e. The van der Waals surface area contributed by atoms with Gasteiger partial charge in [0, 0.05) is 10.0 Å². The van der Waals surface area contributed by atoms with Crippen LogP contribution < -0.4 is 0 Å². The third-order valence-corrected chi connectivity index (χ3v) is 2.72. The highest BCUT2D eigenvalue weighted by Crippen LogP contribution is 2.24. The van der Waals surface area contributed by atoms with Crippen molar-refractivity contribution >= 4 is 15.9 Å². The molecule has 4 nitrogen and oxygen atoms in total. The molecule has 5 heteroatoms. The van der Waals surface area contributed by atoms with Crippen LogP contribution in [0.25, 0.3) is 11.4 Å². The molecule has 0 saturated carbocycles. The fourth-order valence-corrected chi connectivity index (χ4v) is 1.87. The Morgan fingerprint density at radius 2 is 2.19 bits per heavy atom. The molecule has 0 bridgehead atoms. The van der Waals surface area contributed by atoms with E-state index in [1.807, 2.05) is 25.1 Å². The quantitative estimate of drug-likeness (QED) is 0.920. The average molecular weight is 283 g/mol. The van der Waals surface area contributed by atoms with E-state index in [0.717, 1.165) is 15.6 Å². The van der Waals surface area contributed by atoms with Crippen LogP contribution in [-0.2, 0) is 0 Å². The van der Waals surface area contributed by atoms with Crippen molar-refractivity contribution in [2.45, 2.75) is 20.0 Å². The molecule has 0 aliphatic heterocycles. The first kappa shape index (κ1) is 11.3. The number of hydrogen-bond acceptors (Lipinski definition) is 4. The number of aromatic nitrogens is 2. The second kappa shape index (κ2) is 4.35. The topological polar surface area (TPSA) is 59.2 Å². The number of rotatable bonds is 2. The molecule has 1 aromatic carbocycles. The first-order chi connectivity index (χ1) is 7.58. The average Bonchev–Trinajstić information content (AvgIpc) is 2.66. The van der Waals surface area contributed by atoms with E-state index in [2.05, 4.69) is 26.1 Å². The molecule has 1 heterocycles. The van der Waals surface area contributed by atoms with E-state index < -0.39 is 6.10 Å². The summed E-state index contributed by atoms with van der Waals surface area (Å²) in [7, 11) is 0. The fourth-order valence-electron chi connectivity index (χ4n) is 1.39. The lowest BCUT2D eigenvalue weighted by Gasteiger charge is -2.00. The monoisotopic (exact) mass is 282 g/mol. The Morgan fingerprint density at radius 3 is 2.75 bits per heavy atom. The molecule has 1 atom stereocenters. The van der Waals surface area contributed by atoms with Crippen LogP contribution in [-0.4, -0.2) is 15.2 Å². The van der Waals surface area contributed by atoms with Crippen LogP contribution in [0, 0.1) is 6.92 Å². The zero-order chi connectivity index (χ0) is 11.7. The van der Waals surface area contributed by atoms with Gasteiger partial charge in [0.25, 0.3) is 5.89 Å². The van der Waals surface area contributed by atoms with Gasteiger partial charge in [-0.25, -0.2) is 0 Å². The highest BCUT2D eigenvalue weighted by Gasteiger charge is 2.13. The summed E-state index contributed by atoms with van der Waals surface area (Å²) in [5, 5.41) is 13.1. The maximum absolute atomic E-state index is 9.29. The van der Waals surface area contributed by atoms with E-state index in [0.29, 0.717) is 5.82 Å². The Hall–Kier alpha value is -1.20. The van der Waals surface area contributed by atoms with Crippen LogP contribution in [0.15, 0.2) is 27.2 Å². The van der Waals surface area contributed by atoms with E-state index in [1.165, 1.54) is 0 Å². The molecule has 1 unspecified atom stereocenters. The fraction of sp³-hybridized carbons (Fsp3) is 0.273. The van der Waals surface area contributed by atoms with E-state index in [-0.39, 0.29) is 5.89 Å². The van der Waals surface area contributed by atoms with E-state index >= 15 is 0 Å². The van der Waals surface area contributed by atoms with Crippen molar-refractivity contribution in [2.75, 3.05) is 0 Å². The number of aliphatic hydroxyl groups is 1. The molecule has 0 radical (unpaired) electrons. The summed E-state index contributed by atoms with van der Waals surface area (Å²) in [6.07, 6.45) is -0.739. The summed E-state index contributed by atoms with van der Waals surface area (Å²) in [4.78, 5) is 4.13. The summed E-state index contributed by atoms with van der Waals surface area (Å²) in [6, 6.07) is 5.81. The molecule has 2 rings (SSSR count). The van der Waals surface area contributed by atoms with E-state index in [1.54, 1.807) is 6.92 Å². The van der Waals surface area contributed by atoms with Crippen molar-refractivity contribution in [2.24, 2.45) is 0 Å². The number of aryl methyl sites for hydroxylation is 1. The van der Waals surface area contributed by atoms with Crippen molar-refractivity contribution in [3.8, 4) is 11.4 Å². The second-order valence-electron chi connectivity index (χ2n) is 3.59. The molecule has 16 heavy (non-hydrogen) atoms. The number of halogens is 1. The first-order valence-electron chi connectivity index (χ1n) is 4.86. The van der Waals surface area contributed by atoms with Crippen LogP contribution >= 0.6 is 15.9 Å². The van der Waals surface area contributed by atoms with E-state index in [9.17, 15) is 5.11 Å². The number of hydrogen-bond donors (Lipinski definition) is 1. The van der Waals surface area contributed by atoms with Gasteiger partial charge in [-0.15, -0.1) is 0 Å². The van der Waals surface area contributed by atoms with Gasteiger partial charge in [-0.1, -0.05) is 21.1 Å². The maximum Gasteiger partial charge on any atom is 0.255 e. The molecule has 0 aliphatic rings. The Morgan fingerprint density at radius 1 is 1.44 bits per heavy atom. The Bertz CT molecular complexity index is 508. The standard InChI is InChI=1S/C11H11BrN2O2/c1-6-5-8(12)3-4-9(6)10-13-11(7(2)15)16-14-10/h3-5,7,15H,1-2H3. The van der Waals surface area contributed by atoms with Gasteiger partial charge in [0.05, 0.1) is 0 Å². The predicted octanol–water partition coefficient (Wildman–Crippen LogP) is 2.86. The van der Waals surface area contributed by atoms with Gasteiger partial charge in [-0.2, -0.15) is 4.98 Å². The molecule has 0 amide bonds. The van der Waals surface area contributed by atoms with Gasteiger partial charge < -0.3 is 9.63 Å². The van der Waals surface area contributed by atoms with Gasteiger partial charge in [-0.05, 0) is 37.6 Å². The molecule has 1 aromatic heterocycles. The van der Waals surface area contributed by atoms with Gasteiger partial charge in [0.2, 0.25) is 5.82 Å². The van der Waals surface area contributed by atoms with Gasteiger partial charge in [-0.3, -0.25) is 0 Å². The van der Waals surface area contributed by atoms with Crippen LogP contribution in [0.4, 0.5) is 0 Å². The van der Waals surface area contributed by atoms with Crippen LogP contribution in [0.3, 0.4) is 0 Å². The van der Waals surface area contributed by atoms with Crippen LogP contribution in [0.2, 0.25) is 0 Å². The highest BCUT2D eigenvalue weighted by atomic mass is 79.9. The van der Waals surface area contributed by atoms with Crippen molar-refractivity contribution in [1.29, 1.82) is 0 Å². The normalized spacial score (nSPS) is 12.8. The van der Waals surface area contributed by atoms with Crippen molar-refractivity contribution in [1.82, 2.24) is 10.1 Å². The predicted molar refractivity (Wildman–Crippen MR) is 62.8 cm³/mol. The minimum absolute atomic E-state index is 0.234. The Balaban J connectivity index is 2.42. The minimum Gasteiger partial charge on any atom is -0.384 e. The third kappa shape index (κ3) is 2.15. The van der Waals surface area contributed by atoms with Crippen LogP contribution in [0.5, 0.6) is 0 Å². The molecule has 0 fully saturated rings. The third-order valence-electron chi connectivity index (χ3n) is 2.23. The number of benzene rings is 1. The summed E-state index contributed by atoms with van der Waals surface area (Å²) in [5.74, 6) is 0.734. The lowest BCUT2D eigenvalue weighted by atomic mass is 10.1. The van der Waals surface area contributed by atoms with Gasteiger partial charge in [0.1, 0.15) is 6.10 Å². The summed E-state index contributed by atoms with van der Waals surface area (Å²) >= 11 is 3.39. The minimum atomic E-state index is -0.739. The highest BCUT2D eigenvalue weighted by molar-refractivity contribution is 9.10. The molecule has 0 saturated heterocycles.